The summed E-state index contributed by atoms with van der Waals surface area (Å²) in [5, 5.41) is 3.30. The van der Waals surface area contributed by atoms with Crippen molar-refractivity contribution in [3.05, 3.63) is 29.8 Å². The predicted octanol–water partition coefficient (Wildman–Crippen LogP) is 1.34. The molecule has 1 amide bonds. The second-order valence-electron chi connectivity index (χ2n) is 7.21. The van der Waals surface area contributed by atoms with Gasteiger partial charge in [0.1, 0.15) is 0 Å². The van der Waals surface area contributed by atoms with E-state index < -0.39 is 10.0 Å². The third-order valence-electron chi connectivity index (χ3n) is 4.76. The third kappa shape index (κ3) is 5.00. The quantitative estimate of drug-likeness (QED) is 0.802. The van der Waals surface area contributed by atoms with Crippen molar-refractivity contribution in [3.8, 4) is 0 Å². The van der Waals surface area contributed by atoms with E-state index >= 15 is 0 Å². The van der Waals surface area contributed by atoms with Gasteiger partial charge in [-0.2, -0.15) is 4.31 Å². The normalized spacial score (nSPS) is 27.1. The molecule has 0 saturated carbocycles. The van der Waals surface area contributed by atoms with Crippen LogP contribution in [0.25, 0.3) is 0 Å². The van der Waals surface area contributed by atoms with Gasteiger partial charge in [0.2, 0.25) is 10.0 Å². The van der Waals surface area contributed by atoms with Crippen LogP contribution in [0.4, 0.5) is 0 Å². The lowest BCUT2D eigenvalue weighted by molar-refractivity contribution is -0.0440. The first kappa shape index (κ1) is 22.1. The van der Waals surface area contributed by atoms with E-state index in [1.54, 1.807) is 23.1 Å². The zero-order valence-electron chi connectivity index (χ0n) is 15.9. The van der Waals surface area contributed by atoms with E-state index in [1.807, 2.05) is 20.8 Å². The standard InChI is InChI=1S/C18H27N3O4S.ClH/c1-13-10-20(8-7-19-13)18(22)16-5-4-6-17(9-16)26(23,24)21-11-14(2)25-15(3)12-21;/h4-6,9,13-15,19H,7-8,10-12H2,1-3H3;1H. The highest BCUT2D eigenvalue weighted by molar-refractivity contribution is 7.89. The summed E-state index contributed by atoms with van der Waals surface area (Å²) in [7, 11) is -3.66. The summed E-state index contributed by atoms with van der Waals surface area (Å²) < 4.78 is 33.1. The zero-order valence-corrected chi connectivity index (χ0v) is 17.6. The van der Waals surface area contributed by atoms with Crippen molar-refractivity contribution in [1.29, 1.82) is 0 Å². The number of carbonyl (C=O) groups is 1. The lowest BCUT2D eigenvalue weighted by atomic mass is 10.1. The van der Waals surface area contributed by atoms with Gasteiger partial charge < -0.3 is 15.0 Å². The summed E-state index contributed by atoms with van der Waals surface area (Å²) in [5.74, 6) is -0.126. The summed E-state index contributed by atoms with van der Waals surface area (Å²) in [4.78, 5) is 14.7. The van der Waals surface area contributed by atoms with Crippen molar-refractivity contribution in [2.45, 2.75) is 43.9 Å². The molecule has 3 atom stereocenters. The Balaban J connectivity index is 0.00000261. The number of piperazine rings is 1. The number of hydrogen-bond acceptors (Lipinski definition) is 5. The van der Waals surface area contributed by atoms with Crippen LogP contribution in [0, 0.1) is 0 Å². The molecule has 2 heterocycles. The number of nitrogens with one attached hydrogen (secondary N) is 1. The third-order valence-corrected chi connectivity index (χ3v) is 6.59. The van der Waals surface area contributed by atoms with E-state index in [9.17, 15) is 13.2 Å². The van der Waals surface area contributed by atoms with Gasteiger partial charge in [-0.15, -0.1) is 12.4 Å². The van der Waals surface area contributed by atoms with Gasteiger partial charge in [0.15, 0.2) is 0 Å². The number of halogens is 1. The van der Waals surface area contributed by atoms with Gasteiger partial charge in [-0.3, -0.25) is 4.79 Å². The lowest BCUT2D eigenvalue weighted by Gasteiger charge is -2.34. The van der Waals surface area contributed by atoms with Crippen molar-refractivity contribution >= 4 is 28.3 Å². The van der Waals surface area contributed by atoms with E-state index in [-0.39, 0.29) is 41.5 Å². The van der Waals surface area contributed by atoms with Crippen LogP contribution in [0.5, 0.6) is 0 Å². The van der Waals surface area contributed by atoms with Crippen LogP contribution in [0.2, 0.25) is 0 Å². The highest BCUT2D eigenvalue weighted by atomic mass is 35.5. The number of benzene rings is 1. The molecule has 0 bridgehead atoms. The minimum atomic E-state index is -3.66. The van der Waals surface area contributed by atoms with Crippen LogP contribution in [0.15, 0.2) is 29.2 Å². The fourth-order valence-electron chi connectivity index (χ4n) is 3.56. The Morgan fingerprint density at radius 3 is 2.44 bits per heavy atom. The number of amides is 1. The number of sulfonamides is 1. The van der Waals surface area contributed by atoms with Crippen molar-refractivity contribution < 1.29 is 17.9 Å². The summed E-state index contributed by atoms with van der Waals surface area (Å²) in [6, 6.07) is 6.60. The highest BCUT2D eigenvalue weighted by Gasteiger charge is 2.32. The Hall–Kier alpha value is -1.19. The number of ether oxygens (including phenoxy) is 1. The number of carbonyl (C=O) groups excluding carboxylic acids is 1. The van der Waals surface area contributed by atoms with Gasteiger partial charge in [0.05, 0.1) is 17.1 Å². The fourth-order valence-corrected chi connectivity index (χ4v) is 5.20. The van der Waals surface area contributed by atoms with Crippen LogP contribution >= 0.6 is 12.4 Å². The fraction of sp³-hybridized carbons (Fsp3) is 0.611. The van der Waals surface area contributed by atoms with Crippen LogP contribution in [0.3, 0.4) is 0 Å². The summed E-state index contributed by atoms with van der Waals surface area (Å²) in [5.41, 5.74) is 0.412. The van der Waals surface area contributed by atoms with Gasteiger partial charge in [-0.1, -0.05) is 6.07 Å². The van der Waals surface area contributed by atoms with Crippen molar-refractivity contribution in [2.75, 3.05) is 32.7 Å². The average molecular weight is 418 g/mol. The number of nitrogens with zero attached hydrogens (tertiary/aromatic N) is 2. The van der Waals surface area contributed by atoms with Gasteiger partial charge in [0, 0.05) is 44.3 Å². The van der Waals surface area contributed by atoms with Crippen LogP contribution in [0.1, 0.15) is 31.1 Å². The molecular formula is C18H28ClN3O4S. The largest absolute Gasteiger partial charge is 0.373 e. The molecule has 2 aliphatic heterocycles. The lowest BCUT2D eigenvalue weighted by Crippen LogP contribution is -2.51. The first-order valence-electron chi connectivity index (χ1n) is 9.05. The second-order valence-corrected chi connectivity index (χ2v) is 9.15. The van der Waals surface area contributed by atoms with Crippen LogP contribution in [-0.4, -0.2) is 74.5 Å². The molecule has 1 aromatic carbocycles. The number of morpholine rings is 1. The molecule has 0 aliphatic carbocycles. The molecule has 0 aromatic heterocycles. The Morgan fingerprint density at radius 1 is 1.15 bits per heavy atom. The molecule has 27 heavy (non-hydrogen) atoms. The van der Waals surface area contributed by atoms with E-state index in [0.29, 0.717) is 31.7 Å². The average Bonchev–Trinajstić information content (AvgIpc) is 2.60. The van der Waals surface area contributed by atoms with Gasteiger partial charge >= 0.3 is 0 Å². The Morgan fingerprint density at radius 2 is 1.81 bits per heavy atom. The second kappa shape index (κ2) is 8.87. The molecule has 152 valence electrons. The van der Waals surface area contributed by atoms with Crippen molar-refractivity contribution in [3.63, 3.8) is 0 Å². The summed E-state index contributed by atoms with van der Waals surface area (Å²) >= 11 is 0. The zero-order chi connectivity index (χ0) is 18.9. The summed E-state index contributed by atoms with van der Waals surface area (Å²) in [6.07, 6.45) is -0.304. The molecular weight excluding hydrogens is 390 g/mol. The minimum absolute atomic E-state index is 0. The summed E-state index contributed by atoms with van der Waals surface area (Å²) in [6.45, 7) is 8.39. The molecule has 0 radical (unpaired) electrons. The Bertz CT molecular complexity index is 764. The molecule has 3 unspecified atom stereocenters. The number of rotatable bonds is 3. The smallest absolute Gasteiger partial charge is 0.253 e. The van der Waals surface area contributed by atoms with E-state index in [0.717, 1.165) is 6.54 Å². The molecule has 1 aromatic rings. The van der Waals surface area contributed by atoms with Gasteiger partial charge in [0.25, 0.3) is 5.91 Å². The molecule has 9 heteroatoms. The van der Waals surface area contributed by atoms with E-state index in [1.165, 1.54) is 10.4 Å². The highest BCUT2D eigenvalue weighted by Crippen LogP contribution is 2.22. The van der Waals surface area contributed by atoms with E-state index in [2.05, 4.69) is 5.32 Å². The minimum Gasteiger partial charge on any atom is -0.373 e. The molecule has 2 saturated heterocycles. The molecule has 2 fully saturated rings. The predicted molar refractivity (Wildman–Crippen MR) is 106 cm³/mol. The monoisotopic (exact) mass is 417 g/mol. The van der Waals surface area contributed by atoms with Gasteiger partial charge in [-0.05, 0) is 39.0 Å². The Labute approximate surface area is 167 Å². The van der Waals surface area contributed by atoms with Crippen LogP contribution in [-0.2, 0) is 14.8 Å². The van der Waals surface area contributed by atoms with Crippen molar-refractivity contribution in [2.24, 2.45) is 0 Å². The first-order valence-corrected chi connectivity index (χ1v) is 10.5. The SMILES string of the molecule is CC1CN(C(=O)c2cccc(S(=O)(=O)N3CC(C)OC(C)C3)c2)CCN1.Cl. The Kier molecular flexibility index (Phi) is 7.27. The number of hydrogen-bond donors (Lipinski definition) is 1. The first-order chi connectivity index (χ1) is 12.3. The molecule has 2 aliphatic rings. The molecule has 3 rings (SSSR count). The topological polar surface area (TPSA) is 79.0 Å². The van der Waals surface area contributed by atoms with Crippen molar-refractivity contribution in [1.82, 2.24) is 14.5 Å². The molecule has 1 N–H and O–H groups in total. The maximum absolute atomic E-state index is 13.0. The molecule has 0 spiro atoms. The molecule has 7 nitrogen and oxygen atoms in total. The maximum atomic E-state index is 13.0. The van der Waals surface area contributed by atoms with E-state index in [4.69, 9.17) is 4.74 Å². The van der Waals surface area contributed by atoms with Crippen LogP contribution < -0.4 is 5.32 Å². The van der Waals surface area contributed by atoms with Gasteiger partial charge in [-0.25, -0.2) is 8.42 Å². The maximum Gasteiger partial charge on any atom is 0.253 e.